The lowest BCUT2D eigenvalue weighted by atomic mass is 10.1. The lowest BCUT2D eigenvalue weighted by molar-refractivity contribution is -0.134. The minimum absolute atomic E-state index is 0.0593. The predicted octanol–water partition coefficient (Wildman–Crippen LogP) is 1.78. The van der Waals surface area contributed by atoms with Crippen molar-refractivity contribution in [2.24, 2.45) is 0 Å². The zero-order valence-corrected chi connectivity index (χ0v) is 15.1. The van der Waals surface area contributed by atoms with Crippen molar-refractivity contribution >= 4 is 55.0 Å². The molecule has 5 nitrogen and oxygen atoms in total. The van der Waals surface area contributed by atoms with Gasteiger partial charge in [0.05, 0.1) is 13.1 Å². The minimum Gasteiger partial charge on any atom is -0.347 e. The molecule has 1 aliphatic rings. The van der Waals surface area contributed by atoms with Crippen molar-refractivity contribution in [1.29, 1.82) is 0 Å². The van der Waals surface area contributed by atoms with Crippen LogP contribution in [-0.4, -0.2) is 61.4 Å². The summed E-state index contributed by atoms with van der Waals surface area (Å²) < 4.78 is 1.67. The van der Waals surface area contributed by atoms with Gasteiger partial charge in [0, 0.05) is 33.7 Å². The maximum absolute atomic E-state index is 12.7. The Hall–Kier alpha value is -0.440. The predicted molar refractivity (Wildman–Crippen MR) is 86.1 cm³/mol. The normalized spacial score (nSPS) is 19.0. The lowest BCUT2D eigenvalue weighted by Crippen LogP contribution is -2.59. The average molecular weight is 425 g/mol. The monoisotopic (exact) mass is 423 g/mol. The van der Waals surface area contributed by atoms with E-state index >= 15 is 0 Å². The molecule has 2 amide bonds. The van der Waals surface area contributed by atoms with Crippen LogP contribution < -0.4 is 5.32 Å². The highest BCUT2D eigenvalue weighted by Gasteiger charge is 2.34. The Morgan fingerprint density at radius 2 is 2.15 bits per heavy atom. The Labute approximate surface area is 138 Å². The van der Waals surface area contributed by atoms with E-state index in [1.807, 2.05) is 0 Å². The van der Waals surface area contributed by atoms with E-state index in [1.165, 1.54) is 16.2 Å². The Morgan fingerprint density at radius 1 is 1.45 bits per heavy atom. The molecule has 1 atom stereocenters. The molecule has 1 saturated heterocycles. The maximum atomic E-state index is 12.7. The summed E-state index contributed by atoms with van der Waals surface area (Å²) in [6, 6.07) is 1.34. The third-order valence-corrected chi connectivity index (χ3v) is 5.46. The number of halogens is 2. The summed E-state index contributed by atoms with van der Waals surface area (Å²) >= 11 is 8.23. The molecule has 0 aromatic carbocycles. The second-order valence-electron chi connectivity index (χ2n) is 4.69. The Kier molecular flexibility index (Phi) is 5.22. The summed E-state index contributed by atoms with van der Waals surface area (Å²) in [5.74, 6) is -0.170. The summed E-state index contributed by atoms with van der Waals surface area (Å²) in [7, 11) is 3.41. The van der Waals surface area contributed by atoms with Gasteiger partial charge in [-0.2, -0.15) is 0 Å². The molecule has 0 aliphatic carbocycles. The summed E-state index contributed by atoms with van der Waals surface area (Å²) in [6.45, 7) is 1.72. The molecule has 20 heavy (non-hydrogen) atoms. The molecule has 8 heteroatoms. The maximum Gasteiger partial charge on any atom is 0.256 e. The Bertz CT molecular complexity index is 533. The van der Waals surface area contributed by atoms with Crippen LogP contribution >= 0.6 is 43.2 Å². The number of carbonyl (C=O) groups excluding carboxylic acids is 2. The number of carbonyl (C=O) groups is 2. The fourth-order valence-electron chi connectivity index (χ4n) is 2.11. The van der Waals surface area contributed by atoms with E-state index < -0.39 is 6.04 Å². The first-order chi connectivity index (χ1) is 9.41. The molecule has 1 unspecified atom stereocenters. The number of hydrogen-bond acceptors (Lipinski definition) is 4. The van der Waals surface area contributed by atoms with Crippen molar-refractivity contribution in [3.63, 3.8) is 0 Å². The molecule has 1 N–H and O–H groups in total. The lowest BCUT2D eigenvalue weighted by Gasteiger charge is -2.36. The van der Waals surface area contributed by atoms with E-state index in [1.54, 1.807) is 25.1 Å². The van der Waals surface area contributed by atoms with Gasteiger partial charge in [-0.25, -0.2) is 0 Å². The molecule has 0 radical (unpaired) electrons. The number of piperazine rings is 1. The van der Waals surface area contributed by atoms with Crippen molar-refractivity contribution in [2.45, 2.75) is 6.04 Å². The molecule has 2 rings (SSSR count). The molecule has 0 bridgehead atoms. The summed E-state index contributed by atoms with van der Waals surface area (Å²) in [4.78, 5) is 28.0. The zero-order chi connectivity index (χ0) is 14.9. The van der Waals surface area contributed by atoms with Gasteiger partial charge < -0.3 is 15.1 Å². The van der Waals surface area contributed by atoms with Gasteiger partial charge in [0.2, 0.25) is 5.91 Å². The average Bonchev–Trinajstić information content (AvgIpc) is 2.76. The molecule has 1 aromatic heterocycles. The molecule has 1 aliphatic heterocycles. The van der Waals surface area contributed by atoms with Crippen LogP contribution in [-0.2, 0) is 4.79 Å². The first-order valence-corrected chi connectivity index (χ1v) is 8.49. The largest absolute Gasteiger partial charge is 0.347 e. The van der Waals surface area contributed by atoms with Crippen LogP contribution in [0.1, 0.15) is 10.4 Å². The van der Waals surface area contributed by atoms with Crippen molar-refractivity contribution < 1.29 is 9.59 Å². The van der Waals surface area contributed by atoms with E-state index in [0.717, 1.165) is 7.57 Å². The summed E-state index contributed by atoms with van der Waals surface area (Å²) in [6.07, 6.45) is 0. The van der Waals surface area contributed by atoms with Gasteiger partial charge in [-0.15, -0.1) is 11.3 Å². The fourth-order valence-corrected chi connectivity index (χ4v) is 4.88. The smallest absolute Gasteiger partial charge is 0.256 e. The highest BCUT2D eigenvalue weighted by atomic mass is 79.9. The molecule has 1 fully saturated rings. The molecule has 110 valence electrons. The standard InChI is InChI=1S/C12H15Br2N3O2S/c1-16(2)12(19)8-6-15-3-4-17(8)11(18)7-5-9(13)20-10(7)14/h5,8,15H,3-4,6H2,1-2H3. The third kappa shape index (κ3) is 3.24. The van der Waals surface area contributed by atoms with Crippen LogP contribution in [0.5, 0.6) is 0 Å². The minimum atomic E-state index is -0.447. The van der Waals surface area contributed by atoms with Crippen LogP contribution in [0.25, 0.3) is 0 Å². The van der Waals surface area contributed by atoms with Gasteiger partial charge in [-0.1, -0.05) is 0 Å². The van der Waals surface area contributed by atoms with Gasteiger partial charge in [0.1, 0.15) is 6.04 Å². The number of hydrogen-bond donors (Lipinski definition) is 1. The number of amides is 2. The third-order valence-electron chi connectivity index (χ3n) is 3.12. The van der Waals surface area contributed by atoms with Crippen molar-refractivity contribution in [2.75, 3.05) is 33.7 Å². The SMILES string of the molecule is CN(C)C(=O)C1CNCCN1C(=O)c1cc(Br)sc1Br. The van der Waals surface area contributed by atoms with E-state index in [4.69, 9.17) is 0 Å². The number of nitrogens with zero attached hydrogens (tertiary/aromatic N) is 2. The highest BCUT2D eigenvalue weighted by molar-refractivity contribution is 9.12. The number of thiophene rings is 1. The molecule has 2 heterocycles. The molecular weight excluding hydrogens is 410 g/mol. The van der Waals surface area contributed by atoms with Crippen LogP contribution in [0.2, 0.25) is 0 Å². The zero-order valence-electron chi connectivity index (χ0n) is 11.2. The quantitative estimate of drug-likeness (QED) is 0.787. The molecular formula is C12H15Br2N3O2S. The van der Waals surface area contributed by atoms with Gasteiger partial charge in [0.25, 0.3) is 5.91 Å². The van der Waals surface area contributed by atoms with E-state index in [-0.39, 0.29) is 11.8 Å². The van der Waals surface area contributed by atoms with E-state index in [9.17, 15) is 9.59 Å². The first-order valence-electron chi connectivity index (χ1n) is 6.09. The van der Waals surface area contributed by atoms with E-state index in [0.29, 0.717) is 25.2 Å². The number of rotatable bonds is 2. The number of nitrogens with one attached hydrogen (secondary N) is 1. The molecule has 0 saturated carbocycles. The van der Waals surface area contributed by atoms with Gasteiger partial charge in [-0.3, -0.25) is 9.59 Å². The summed E-state index contributed by atoms with van der Waals surface area (Å²) in [5.41, 5.74) is 0.598. The summed E-state index contributed by atoms with van der Waals surface area (Å²) in [5, 5.41) is 3.17. The van der Waals surface area contributed by atoms with Crippen molar-refractivity contribution in [3.8, 4) is 0 Å². The van der Waals surface area contributed by atoms with Crippen molar-refractivity contribution in [3.05, 3.63) is 19.2 Å². The molecule has 1 aromatic rings. The van der Waals surface area contributed by atoms with Crippen LogP contribution in [0.3, 0.4) is 0 Å². The molecule has 0 spiro atoms. The van der Waals surface area contributed by atoms with Gasteiger partial charge in [0.15, 0.2) is 0 Å². The topological polar surface area (TPSA) is 52.7 Å². The van der Waals surface area contributed by atoms with Crippen LogP contribution in [0.15, 0.2) is 13.6 Å². The van der Waals surface area contributed by atoms with Crippen molar-refractivity contribution in [1.82, 2.24) is 15.1 Å². The van der Waals surface area contributed by atoms with Crippen LogP contribution in [0, 0.1) is 0 Å². The second kappa shape index (κ2) is 6.55. The number of likely N-dealkylation sites (N-methyl/N-ethyl adjacent to an activating group) is 1. The second-order valence-corrected chi connectivity index (χ2v) is 8.44. The highest BCUT2D eigenvalue weighted by Crippen LogP contribution is 2.33. The first kappa shape index (κ1) is 15.9. The van der Waals surface area contributed by atoms with E-state index in [2.05, 4.69) is 37.2 Å². The fraction of sp³-hybridized carbons (Fsp3) is 0.500. The van der Waals surface area contributed by atoms with Crippen LogP contribution in [0.4, 0.5) is 0 Å². The van der Waals surface area contributed by atoms with Gasteiger partial charge >= 0.3 is 0 Å². The van der Waals surface area contributed by atoms with Gasteiger partial charge in [-0.05, 0) is 37.9 Å². The Balaban J connectivity index is 2.26. The Morgan fingerprint density at radius 3 is 2.70 bits per heavy atom.